The lowest BCUT2D eigenvalue weighted by Crippen LogP contribution is -2.17. The molecule has 0 saturated heterocycles. The number of nitrogens with zero attached hydrogens (tertiary/aromatic N) is 2. The Bertz CT molecular complexity index is 1130. The minimum Gasteiger partial charge on any atom is -0.367 e. The summed E-state index contributed by atoms with van der Waals surface area (Å²) in [5.74, 6) is -7.10. The molecule has 2 aromatic carbocycles. The summed E-state index contributed by atoms with van der Waals surface area (Å²) in [5, 5.41) is 6.26. The molecule has 5 nitrogen and oxygen atoms in total. The number of rotatable bonds is 7. The Kier molecular flexibility index (Phi) is 6.82. The maximum Gasteiger partial charge on any atom is 0.411 e. The molecule has 0 atom stereocenters. The van der Waals surface area contributed by atoms with Crippen molar-refractivity contribution in [3.8, 4) is 0 Å². The molecule has 3 rings (SSSR count). The molecule has 12 heteroatoms. The SMILES string of the molecule is O=C(Nc1cnn(Cc2c(F)cc(F)c(F)c2F)c1)c1cccc(COCC(F)(F)F)c1. The summed E-state index contributed by atoms with van der Waals surface area (Å²) in [7, 11) is 0. The van der Waals surface area contributed by atoms with Crippen LogP contribution in [0.2, 0.25) is 0 Å². The molecule has 1 N–H and O–H groups in total. The van der Waals surface area contributed by atoms with Crippen molar-refractivity contribution in [1.29, 1.82) is 0 Å². The average molecular weight is 461 g/mol. The zero-order valence-electron chi connectivity index (χ0n) is 16.0. The first-order valence-corrected chi connectivity index (χ1v) is 8.92. The van der Waals surface area contributed by atoms with Crippen LogP contribution in [0.4, 0.5) is 36.4 Å². The third-order valence-electron chi connectivity index (χ3n) is 4.14. The number of alkyl halides is 3. The highest BCUT2D eigenvalue weighted by Crippen LogP contribution is 2.21. The van der Waals surface area contributed by atoms with E-state index in [1.54, 1.807) is 0 Å². The monoisotopic (exact) mass is 461 g/mol. The average Bonchev–Trinajstić information content (AvgIpc) is 3.16. The van der Waals surface area contributed by atoms with Crippen molar-refractivity contribution in [3.63, 3.8) is 0 Å². The Morgan fingerprint density at radius 3 is 2.53 bits per heavy atom. The van der Waals surface area contributed by atoms with Crippen LogP contribution in [0.3, 0.4) is 0 Å². The van der Waals surface area contributed by atoms with E-state index in [-0.39, 0.29) is 23.9 Å². The predicted octanol–water partition coefficient (Wildman–Crippen LogP) is 4.82. The van der Waals surface area contributed by atoms with E-state index in [9.17, 15) is 35.5 Å². The lowest BCUT2D eigenvalue weighted by Gasteiger charge is -2.09. The Hall–Kier alpha value is -3.41. The van der Waals surface area contributed by atoms with Crippen molar-refractivity contribution < 1.29 is 40.3 Å². The fourth-order valence-corrected chi connectivity index (χ4v) is 2.72. The molecule has 0 aliphatic carbocycles. The molecular formula is C20H14F7N3O2. The van der Waals surface area contributed by atoms with Crippen LogP contribution in [-0.2, 0) is 17.9 Å². The summed E-state index contributed by atoms with van der Waals surface area (Å²) < 4.78 is 96.0. The number of hydrogen-bond acceptors (Lipinski definition) is 3. The van der Waals surface area contributed by atoms with Gasteiger partial charge >= 0.3 is 6.18 Å². The number of ether oxygens (including phenoxy) is 1. The van der Waals surface area contributed by atoms with Gasteiger partial charge < -0.3 is 10.1 Å². The van der Waals surface area contributed by atoms with Crippen LogP contribution in [0.15, 0.2) is 42.7 Å². The lowest BCUT2D eigenvalue weighted by molar-refractivity contribution is -0.176. The van der Waals surface area contributed by atoms with Gasteiger partial charge in [0.05, 0.1) is 25.0 Å². The summed E-state index contributed by atoms with van der Waals surface area (Å²) in [6.45, 7) is -2.36. The molecule has 170 valence electrons. The van der Waals surface area contributed by atoms with Gasteiger partial charge in [0.1, 0.15) is 12.4 Å². The number of benzene rings is 2. The topological polar surface area (TPSA) is 56.2 Å². The molecule has 3 aromatic rings. The van der Waals surface area contributed by atoms with E-state index in [4.69, 9.17) is 0 Å². The summed E-state index contributed by atoms with van der Waals surface area (Å²) in [6, 6.07) is 5.90. The second kappa shape index (κ2) is 9.39. The van der Waals surface area contributed by atoms with Crippen LogP contribution in [0, 0.1) is 23.3 Å². The van der Waals surface area contributed by atoms with Gasteiger partial charge in [-0.15, -0.1) is 0 Å². The highest BCUT2D eigenvalue weighted by molar-refractivity contribution is 6.04. The molecule has 0 bridgehead atoms. The molecule has 0 aliphatic heterocycles. The van der Waals surface area contributed by atoms with Crippen molar-refractivity contribution in [3.05, 3.63) is 82.7 Å². The standard InChI is InChI=1S/C20H14F7N3O2/c21-15-5-16(22)18(24)17(23)14(15)8-30-7-13(6-28-30)29-19(31)12-3-1-2-11(4-12)9-32-10-20(25,26)27/h1-7H,8-10H2,(H,29,31). The number of aromatic nitrogens is 2. The van der Waals surface area contributed by atoms with Crippen LogP contribution in [-0.4, -0.2) is 28.5 Å². The Labute approximate surface area is 176 Å². The number of anilines is 1. The molecule has 1 heterocycles. The second-order valence-corrected chi connectivity index (χ2v) is 6.64. The number of amides is 1. The molecule has 32 heavy (non-hydrogen) atoms. The van der Waals surface area contributed by atoms with Gasteiger partial charge in [-0.2, -0.15) is 18.3 Å². The molecule has 0 saturated carbocycles. The van der Waals surface area contributed by atoms with Crippen LogP contribution < -0.4 is 5.32 Å². The zero-order chi connectivity index (χ0) is 23.5. The quantitative estimate of drug-likeness (QED) is 0.312. The van der Waals surface area contributed by atoms with Crippen molar-refractivity contribution in [2.45, 2.75) is 19.3 Å². The molecule has 1 amide bonds. The molecule has 0 aliphatic rings. The molecule has 0 radical (unpaired) electrons. The highest BCUT2D eigenvalue weighted by Gasteiger charge is 2.27. The number of carbonyl (C=O) groups is 1. The van der Waals surface area contributed by atoms with E-state index in [1.165, 1.54) is 30.5 Å². The van der Waals surface area contributed by atoms with E-state index in [0.717, 1.165) is 10.9 Å². The third kappa shape index (κ3) is 5.84. The third-order valence-corrected chi connectivity index (χ3v) is 4.14. The van der Waals surface area contributed by atoms with E-state index < -0.39 is 54.1 Å². The highest BCUT2D eigenvalue weighted by atomic mass is 19.4. The van der Waals surface area contributed by atoms with E-state index >= 15 is 0 Å². The van der Waals surface area contributed by atoms with Gasteiger partial charge in [0.25, 0.3) is 5.91 Å². The first-order valence-electron chi connectivity index (χ1n) is 8.92. The van der Waals surface area contributed by atoms with Gasteiger partial charge in [-0.25, -0.2) is 17.6 Å². The smallest absolute Gasteiger partial charge is 0.367 e. The van der Waals surface area contributed by atoms with Gasteiger partial charge in [-0.3, -0.25) is 9.48 Å². The fourth-order valence-electron chi connectivity index (χ4n) is 2.72. The summed E-state index contributed by atoms with van der Waals surface area (Å²) in [5.41, 5.74) is -0.181. The summed E-state index contributed by atoms with van der Waals surface area (Å²) >= 11 is 0. The minimum absolute atomic E-state index is 0.114. The van der Waals surface area contributed by atoms with Gasteiger partial charge in [0.2, 0.25) is 0 Å². The van der Waals surface area contributed by atoms with Crippen LogP contribution in [0.1, 0.15) is 21.5 Å². The Morgan fingerprint density at radius 2 is 1.81 bits per heavy atom. The molecule has 1 aromatic heterocycles. The van der Waals surface area contributed by atoms with Crippen LogP contribution in [0.5, 0.6) is 0 Å². The van der Waals surface area contributed by atoms with Gasteiger partial charge in [0, 0.05) is 23.4 Å². The van der Waals surface area contributed by atoms with Crippen molar-refractivity contribution in [1.82, 2.24) is 9.78 Å². The normalized spacial score (nSPS) is 11.6. The van der Waals surface area contributed by atoms with Crippen LogP contribution in [0.25, 0.3) is 0 Å². The fraction of sp³-hybridized carbons (Fsp3) is 0.200. The molecule has 0 unspecified atom stereocenters. The Morgan fingerprint density at radius 1 is 1.06 bits per heavy atom. The summed E-state index contributed by atoms with van der Waals surface area (Å²) in [4.78, 5) is 12.4. The number of nitrogens with one attached hydrogen (secondary N) is 1. The number of halogens is 7. The molecular weight excluding hydrogens is 447 g/mol. The molecule has 0 spiro atoms. The van der Waals surface area contributed by atoms with Gasteiger partial charge in [0.15, 0.2) is 17.5 Å². The maximum absolute atomic E-state index is 13.8. The largest absolute Gasteiger partial charge is 0.411 e. The van der Waals surface area contributed by atoms with E-state index in [2.05, 4.69) is 15.2 Å². The summed E-state index contributed by atoms with van der Waals surface area (Å²) in [6.07, 6.45) is -2.11. The lowest BCUT2D eigenvalue weighted by atomic mass is 10.1. The minimum atomic E-state index is -4.47. The number of carbonyl (C=O) groups excluding carboxylic acids is 1. The zero-order valence-corrected chi connectivity index (χ0v) is 16.0. The molecule has 0 fully saturated rings. The predicted molar refractivity (Wildman–Crippen MR) is 97.7 cm³/mol. The first kappa shape index (κ1) is 23.3. The van der Waals surface area contributed by atoms with E-state index in [1.807, 2.05) is 0 Å². The van der Waals surface area contributed by atoms with Crippen molar-refractivity contribution >= 4 is 11.6 Å². The second-order valence-electron chi connectivity index (χ2n) is 6.64. The maximum atomic E-state index is 13.8. The van der Waals surface area contributed by atoms with E-state index in [0.29, 0.717) is 5.56 Å². The van der Waals surface area contributed by atoms with Crippen molar-refractivity contribution in [2.24, 2.45) is 0 Å². The van der Waals surface area contributed by atoms with Crippen LogP contribution >= 0.6 is 0 Å². The van der Waals surface area contributed by atoms with Gasteiger partial charge in [-0.05, 0) is 17.7 Å². The van der Waals surface area contributed by atoms with Gasteiger partial charge in [-0.1, -0.05) is 12.1 Å². The first-order chi connectivity index (χ1) is 15.0. The van der Waals surface area contributed by atoms with Crippen molar-refractivity contribution in [2.75, 3.05) is 11.9 Å². The number of hydrogen-bond donors (Lipinski definition) is 1. The Balaban J connectivity index is 1.65.